The molecule has 13 nitrogen and oxygen atoms in total. The number of aromatic nitrogens is 2. The molecular weight excluding hydrogens is 432 g/mol. The van der Waals surface area contributed by atoms with E-state index in [1.807, 2.05) is 0 Å². The lowest BCUT2D eigenvalue weighted by Gasteiger charge is -2.16. The highest BCUT2D eigenvalue weighted by atomic mass is 32.2. The van der Waals surface area contributed by atoms with Gasteiger partial charge in [0.05, 0.1) is 25.8 Å². The number of ether oxygens (including phenoxy) is 2. The van der Waals surface area contributed by atoms with Crippen LogP contribution < -0.4 is 24.8 Å². The Bertz CT molecular complexity index is 1080. The number of urea groups is 1. The maximum atomic E-state index is 12.8. The minimum Gasteiger partial charge on any atom is -0.481 e. The average Bonchev–Trinajstić information content (AvgIpc) is 2.72. The summed E-state index contributed by atoms with van der Waals surface area (Å²) in [5, 5.41) is 4.48. The third-order valence-corrected chi connectivity index (χ3v) is 5.07. The first-order chi connectivity index (χ1) is 14.6. The van der Waals surface area contributed by atoms with Crippen molar-refractivity contribution in [2.75, 3.05) is 38.9 Å². The van der Waals surface area contributed by atoms with Crippen LogP contribution in [-0.2, 0) is 14.8 Å². The Labute approximate surface area is 177 Å². The number of anilines is 2. The molecule has 0 fully saturated rings. The highest BCUT2D eigenvalue weighted by Crippen LogP contribution is 2.22. The molecule has 0 unspecified atom stereocenters. The topological polar surface area (TPSA) is 169 Å². The van der Waals surface area contributed by atoms with Crippen molar-refractivity contribution in [2.24, 2.45) is 0 Å². The number of benzene rings is 1. The van der Waals surface area contributed by atoms with Crippen LogP contribution in [-0.4, -0.2) is 69.9 Å². The molecule has 0 spiro atoms. The molecule has 0 saturated heterocycles. The van der Waals surface area contributed by atoms with Crippen LogP contribution in [0.1, 0.15) is 10.4 Å². The van der Waals surface area contributed by atoms with Crippen molar-refractivity contribution in [1.29, 1.82) is 0 Å². The Balaban J connectivity index is 2.34. The summed E-state index contributed by atoms with van der Waals surface area (Å²) in [6.45, 7) is 0. The van der Waals surface area contributed by atoms with Gasteiger partial charge in [0.25, 0.3) is 15.9 Å². The summed E-state index contributed by atoms with van der Waals surface area (Å²) >= 11 is 0. The van der Waals surface area contributed by atoms with Crippen molar-refractivity contribution in [3.05, 3.63) is 29.8 Å². The van der Waals surface area contributed by atoms with Gasteiger partial charge in [-0.1, -0.05) is 0 Å². The van der Waals surface area contributed by atoms with Crippen LogP contribution in [0, 0.1) is 0 Å². The summed E-state index contributed by atoms with van der Waals surface area (Å²) in [6.07, 6.45) is 0.377. The van der Waals surface area contributed by atoms with Crippen LogP contribution in [0.25, 0.3) is 0 Å². The first kappa shape index (κ1) is 23.3. The molecule has 0 saturated carbocycles. The lowest BCUT2D eigenvalue weighted by molar-refractivity contribution is -0.105. The van der Waals surface area contributed by atoms with Crippen molar-refractivity contribution >= 4 is 40.0 Å². The average molecular weight is 452 g/mol. The first-order valence-electron chi connectivity index (χ1n) is 8.48. The fraction of sp³-hybridized carbons (Fsp3) is 0.235. The van der Waals surface area contributed by atoms with Gasteiger partial charge in [0.1, 0.15) is 4.90 Å². The van der Waals surface area contributed by atoms with Crippen molar-refractivity contribution in [3.63, 3.8) is 0 Å². The molecular formula is C17H20N6O7S. The molecule has 1 aromatic heterocycles. The molecule has 31 heavy (non-hydrogen) atoms. The molecule has 2 aromatic rings. The Kier molecular flexibility index (Phi) is 7.31. The van der Waals surface area contributed by atoms with Crippen LogP contribution in [0.15, 0.2) is 29.2 Å². The zero-order chi connectivity index (χ0) is 23.2. The Hall–Kier alpha value is -3.94. The van der Waals surface area contributed by atoms with Crippen molar-refractivity contribution in [2.45, 2.75) is 4.90 Å². The number of carbonyl (C=O) groups is 3. The number of sulfonamides is 1. The number of methoxy groups -OCH3 is 2. The number of amides is 4. The maximum absolute atomic E-state index is 12.8. The van der Waals surface area contributed by atoms with Crippen LogP contribution in [0.2, 0.25) is 0 Å². The Morgan fingerprint density at radius 3 is 2.19 bits per heavy atom. The van der Waals surface area contributed by atoms with E-state index < -0.39 is 26.9 Å². The van der Waals surface area contributed by atoms with Gasteiger partial charge >= 0.3 is 6.03 Å². The molecule has 0 aliphatic heterocycles. The van der Waals surface area contributed by atoms with Crippen molar-refractivity contribution in [3.8, 4) is 11.8 Å². The molecule has 0 aliphatic rings. The fourth-order valence-electron chi connectivity index (χ4n) is 2.30. The molecule has 4 amide bonds. The van der Waals surface area contributed by atoms with E-state index in [4.69, 9.17) is 9.47 Å². The van der Waals surface area contributed by atoms with E-state index in [1.54, 1.807) is 4.72 Å². The van der Waals surface area contributed by atoms with Crippen molar-refractivity contribution in [1.82, 2.24) is 19.6 Å². The minimum absolute atomic E-state index is 0.0714. The van der Waals surface area contributed by atoms with Crippen molar-refractivity contribution < 1.29 is 32.3 Å². The molecule has 0 aliphatic carbocycles. The highest BCUT2D eigenvalue weighted by Gasteiger charge is 2.26. The second-order valence-electron chi connectivity index (χ2n) is 6.01. The monoisotopic (exact) mass is 452 g/mol. The van der Waals surface area contributed by atoms with Crippen LogP contribution in [0.4, 0.5) is 16.4 Å². The molecule has 1 aromatic carbocycles. The number of hydrogen-bond acceptors (Lipinski definition) is 9. The SMILES string of the molecule is COc1cc(OC)nc(NC(=O)NS(=O)(=O)c2ccc(NC=O)cc2C(=O)N(C)C)n1. The van der Waals surface area contributed by atoms with Gasteiger partial charge in [0.2, 0.25) is 24.1 Å². The largest absolute Gasteiger partial charge is 0.481 e. The number of hydrogen-bond donors (Lipinski definition) is 3. The maximum Gasteiger partial charge on any atom is 0.335 e. The summed E-state index contributed by atoms with van der Waals surface area (Å²) in [4.78, 5) is 43.8. The molecule has 1 heterocycles. The molecule has 166 valence electrons. The van der Waals surface area contributed by atoms with Crippen LogP contribution in [0.5, 0.6) is 11.8 Å². The Morgan fingerprint density at radius 1 is 1.06 bits per heavy atom. The summed E-state index contributed by atoms with van der Waals surface area (Å²) in [5.74, 6) is -0.792. The molecule has 2 rings (SSSR count). The predicted octanol–water partition coefficient (Wildman–Crippen LogP) is 0.274. The van der Waals surface area contributed by atoms with Gasteiger partial charge in [-0.2, -0.15) is 9.97 Å². The Morgan fingerprint density at radius 2 is 1.68 bits per heavy atom. The molecule has 0 atom stereocenters. The number of rotatable bonds is 8. The third-order valence-electron chi connectivity index (χ3n) is 3.68. The second-order valence-corrected chi connectivity index (χ2v) is 7.66. The number of nitrogens with one attached hydrogen (secondary N) is 3. The van der Waals surface area contributed by atoms with Gasteiger partial charge in [0.15, 0.2) is 0 Å². The van der Waals surface area contributed by atoms with Gasteiger partial charge in [-0.25, -0.2) is 17.9 Å². The van der Waals surface area contributed by atoms with Gasteiger partial charge < -0.3 is 19.7 Å². The van der Waals surface area contributed by atoms with Crippen LogP contribution in [0.3, 0.4) is 0 Å². The predicted molar refractivity (Wildman–Crippen MR) is 109 cm³/mol. The molecule has 3 N–H and O–H groups in total. The van der Waals surface area contributed by atoms with E-state index >= 15 is 0 Å². The smallest absolute Gasteiger partial charge is 0.335 e. The first-order valence-corrected chi connectivity index (χ1v) is 9.96. The van der Waals surface area contributed by atoms with E-state index in [0.29, 0.717) is 6.41 Å². The normalized spacial score (nSPS) is 10.6. The van der Waals surface area contributed by atoms with Crippen LogP contribution >= 0.6 is 0 Å². The molecule has 14 heteroatoms. The van der Waals surface area contributed by atoms with E-state index in [-0.39, 0.29) is 29.0 Å². The number of carbonyl (C=O) groups excluding carboxylic acids is 3. The second kappa shape index (κ2) is 9.71. The van der Waals surface area contributed by atoms with Gasteiger partial charge in [0, 0.05) is 19.8 Å². The fourth-order valence-corrected chi connectivity index (χ4v) is 3.39. The third kappa shape index (κ3) is 5.79. The van der Waals surface area contributed by atoms with Gasteiger partial charge in [-0.3, -0.25) is 14.9 Å². The van der Waals surface area contributed by atoms with E-state index in [2.05, 4.69) is 20.6 Å². The molecule has 0 bridgehead atoms. The van der Waals surface area contributed by atoms with Gasteiger partial charge in [-0.05, 0) is 18.2 Å². The van der Waals surface area contributed by atoms with E-state index in [0.717, 1.165) is 11.0 Å². The minimum atomic E-state index is -4.50. The highest BCUT2D eigenvalue weighted by molar-refractivity contribution is 7.90. The summed E-state index contributed by atoms with van der Waals surface area (Å²) in [6, 6.07) is 3.70. The summed E-state index contributed by atoms with van der Waals surface area (Å²) in [7, 11) is 1.02. The standard InChI is InChI=1S/C17H20N6O7S/c1-23(2)15(25)11-7-10(18-9-24)5-6-12(11)31(27,28)22-17(26)21-16-19-13(29-3)8-14(20-16)30-4/h5-9H,1-4H3,(H,18,24)(H2,19,20,21,22,26). The number of nitrogens with zero attached hydrogens (tertiary/aromatic N) is 3. The zero-order valence-corrected chi connectivity index (χ0v) is 17.8. The van der Waals surface area contributed by atoms with Gasteiger partial charge in [-0.15, -0.1) is 0 Å². The van der Waals surface area contributed by atoms with E-state index in [9.17, 15) is 22.8 Å². The summed E-state index contributed by atoms with van der Waals surface area (Å²) in [5.41, 5.74) is -0.0584. The van der Waals surface area contributed by atoms with E-state index in [1.165, 1.54) is 46.5 Å². The lowest BCUT2D eigenvalue weighted by atomic mass is 10.2. The zero-order valence-electron chi connectivity index (χ0n) is 17.0. The molecule has 0 radical (unpaired) electrons. The quantitative estimate of drug-likeness (QED) is 0.476. The summed E-state index contributed by atoms with van der Waals surface area (Å²) < 4.78 is 37.2. The lowest BCUT2D eigenvalue weighted by Crippen LogP contribution is -2.36.